The van der Waals surface area contributed by atoms with Crippen LogP contribution in [0.4, 0.5) is 9.93 Å². The van der Waals surface area contributed by atoms with Crippen LogP contribution >= 0.6 is 11.3 Å². The van der Waals surface area contributed by atoms with E-state index in [1.165, 1.54) is 16.2 Å². The number of nitrogens with one attached hydrogen (secondary N) is 1. The Bertz CT molecular complexity index is 513. The molecule has 0 spiro atoms. The van der Waals surface area contributed by atoms with Crippen molar-refractivity contribution in [2.24, 2.45) is 5.73 Å². The lowest BCUT2D eigenvalue weighted by Gasteiger charge is -2.19. The van der Waals surface area contributed by atoms with Gasteiger partial charge in [-0.2, -0.15) is 0 Å². The zero-order valence-electron chi connectivity index (χ0n) is 12.7. The molecule has 6 heteroatoms. The van der Waals surface area contributed by atoms with Gasteiger partial charge in [-0.15, -0.1) is 11.3 Å². The van der Waals surface area contributed by atoms with Crippen LogP contribution in [0, 0.1) is 6.92 Å². The molecular weight excluding hydrogens is 274 g/mol. The third-order valence-corrected chi connectivity index (χ3v) is 4.81. The first-order valence-electron chi connectivity index (χ1n) is 6.87. The number of nitrogens with zero attached hydrogens (tertiary/aromatic N) is 1. The topological polar surface area (TPSA) is 77.2 Å². The van der Waals surface area contributed by atoms with E-state index < -0.39 is 11.7 Å². The molecule has 1 saturated carbocycles. The van der Waals surface area contributed by atoms with Gasteiger partial charge in [-0.25, -0.2) is 9.78 Å². The molecule has 0 saturated heterocycles. The fraction of sp³-hybridized carbons (Fsp3) is 0.714. The Morgan fingerprint density at radius 2 is 2.10 bits per heavy atom. The first-order chi connectivity index (χ1) is 9.14. The Morgan fingerprint density at radius 1 is 1.50 bits per heavy atom. The van der Waals surface area contributed by atoms with Gasteiger partial charge in [-0.05, 0) is 47.5 Å². The minimum absolute atomic E-state index is 0.0651. The molecule has 1 unspecified atom stereocenters. The summed E-state index contributed by atoms with van der Waals surface area (Å²) in [6.45, 7) is 9.50. The van der Waals surface area contributed by atoms with E-state index in [0.29, 0.717) is 5.13 Å². The number of ether oxygens (including phenoxy) is 1. The number of aryl methyl sites for hydroxylation is 1. The molecule has 1 heterocycles. The van der Waals surface area contributed by atoms with Crippen molar-refractivity contribution >= 4 is 22.6 Å². The lowest BCUT2D eigenvalue weighted by Crippen LogP contribution is -2.31. The van der Waals surface area contributed by atoms with Crippen molar-refractivity contribution in [3.63, 3.8) is 0 Å². The summed E-state index contributed by atoms with van der Waals surface area (Å²) in [5.74, 6) is 0. The largest absolute Gasteiger partial charge is 0.444 e. The Kier molecular flexibility index (Phi) is 3.81. The second kappa shape index (κ2) is 5.00. The molecule has 1 amide bonds. The van der Waals surface area contributed by atoms with E-state index in [1.54, 1.807) is 0 Å². The van der Waals surface area contributed by atoms with Gasteiger partial charge in [0.2, 0.25) is 0 Å². The maximum atomic E-state index is 11.8. The average molecular weight is 297 g/mol. The summed E-state index contributed by atoms with van der Waals surface area (Å²) < 4.78 is 5.23. The minimum atomic E-state index is -0.511. The zero-order valence-corrected chi connectivity index (χ0v) is 13.6. The quantitative estimate of drug-likeness (QED) is 0.898. The predicted octanol–water partition coefficient (Wildman–Crippen LogP) is 3.18. The highest BCUT2D eigenvalue weighted by atomic mass is 32.1. The predicted molar refractivity (Wildman–Crippen MR) is 81.3 cm³/mol. The van der Waals surface area contributed by atoms with Crippen molar-refractivity contribution in [3.8, 4) is 0 Å². The fourth-order valence-electron chi connectivity index (χ4n) is 2.33. The van der Waals surface area contributed by atoms with E-state index in [2.05, 4.69) is 10.3 Å². The van der Waals surface area contributed by atoms with E-state index in [4.69, 9.17) is 10.5 Å². The van der Waals surface area contributed by atoms with E-state index in [0.717, 1.165) is 18.5 Å². The number of hydrogen-bond acceptors (Lipinski definition) is 5. The van der Waals surface area contributed by atoms with E-state index in [1.807, 2.05) is 34.6 Å². The number of amides is 1. The van der Waals surface area contributed by atoms with Crippen LogP contribution in [0.25, 0.3) is 0 Å². The van der Waals surface area contributed by atoms with Gasteiger partial charge in [0.15, 0.2) is 5.13 Å². The lowest BCUT2D eigenvalue weighted by atomic mass is 9.96. The summed E-state index contributed by atoms with van der Waals surface area (Å²) >= 11 is 1.51. The van der Waals surface area contributed by atoms with Gasteiger partial charge in [0, 0.05) is 16.3 Å². The van der Waals surface area contributed by atoms with Crippen molar-refractivity contribution in [1.82, 2.24) is 4.98 Å². The molecule has 20 heavy (non-hydrogen) atoms. The van der Waals surface area contributed by atoms with E-state index in [9.17, 15) is 4.79 Å². The maximum Gasteiger partial charge on any atom is 0.413 e. The molecule has 5 nitrogen and oxygen atoms in total. The van der Waals surface area contributed by atoms with Gasteiger partial charge in [0.25, 0.3) is 0 Å². The second-order valence-electron chi connectivity index (χ2n) is 6.51. The number of hydrogen-bond donors (Lipinski definition) is 2. The second-order valence-corrected chi connectivity index (χ2v) is 7.50. The highest BCUT2D eigenvalue weighted by molar-refractivity contribution is 7.16. The molecule has 112 valence electrons. The summed E-state index contributed by atoms with van der Waals surface area (Å²) in [6, 6.07) is 0.107. The standard InChI is InChI=1S/C14H23N3O2S/c1-8-10(14(6-7-14)9(2)15)20-11(16-8)17-12(18)19-13(3,4)5/h9H,6-7,15H2,1-5H3,(H,16,17,18). The normalized spacial score (nSPS) is 18.5. The number of nitrogens with two attached hydrogens (primary N) is 1. The van der Waals surface area contributed by atoms with Gasteiger partial charge >= 0.3 is 6.09 Å². The lowest BCUT2D eigenvalue weighted by molar-refractivity contribution is 0.0636. The number of rotatable bonds is 3. The number of carbonyl (C=O) groups is 1. The van der Waals surface area contributed by atoms with Gasteiger partial charge in [-0.3, -0.25) is 5.32 Å². The summed E-state index contributed by atoms with van der Waals surface area (Å²) in [4.78, 5) is 17.4. The molecule has 1 fully saturated rings. The van der Waals surface area contributed by atoms with Crippen LogP contribution < -0.4 is 11.1 Å². The van der Waals surface area contributed by atoms with Crippen molar-refractivity contribution in [3.05, 3.63) is 10.6 Å². The minimum Gasteiger partial charge on any atom is -0.444 e. The maximum absolute atomic E-state index is 11.8. The summed E-state index contributed by atoms with van der Waals surface area (Å²) in [5, 5.41) is 3.29. The molecule has 1 aliphatic rings. The summed E-state index contributed by atoms with van der Waals surface area (Å²) in [6.07, 6.45) is 1.72. The molecule has 0 radical (unpaired) electrons. The highest BCUT2D eigenvalue weighted by Crippen LogP contribution is 2.53. The molecule has 1 aromatic heterocycles. The SMILES string of the molecule is Cc1nc(NC(=O)OC(C)(C)C)sc1C1(C(C)N)CC1. The van der Waals surface area contributed by atoms with Crippen molar-refractivity contribution in [2.75, 3.05) is 5.32 Å². The third-order valence-electron chi connectivity index (χ3n) is 3.52. The highest BCUT2D eigenvalue weighted by Gasteiger charge is 2.50. The monoisotopic (exact) mass is 297 g/mol. The molecule has 1 aromatic rings. The Balaban J connectivity index is 2.11. The van der Waals surface area contributed by atoms with Crippen LogP contribution in [-0.2, 0) is 10.2 Å². The molecule has 3 N–H and O–H groups in total. The van der Waals surface area contributed by atoms with Crippen LogP contribution in [0.3, 0.4) is 0 Å². The van der Waals surface area contributed by atoms with Gasteiger partial charge < -0.3 is 10.5 Å². The Morgan fingerprint density at radius 3 is 2.55 bits per heavy atom. The molecule has 2 rings (SSSR count). The van der Waals surface area contributed by atoms with Gasteiger partial charge in [0.1, 0.15) is 5.60 Å². The number of thiazole rings is 1. The molecular formula is C14H23N3O2S. The van der Waals surface area contributed by atoms with Crippen molar-refractivity contribution < 1.29 is 9.53 Å². The van der Waals surface area contributed by atoms with Crippen LogP contribution in [0.1, 0.15) is 51.1 Å². The Hall–Kier alpha value is -1.14. The molecule has 0 aromatic carbocycles. The molecule has 1 aliphatic carbocycles. The van der Waals surface area contributed by atoms with Gasteiger partial charge in [-0.1, -0.05) is 0 Å². The first-order valence-corrected chi connectivity index (χ1v) is 7.69. The summed E-state index contributed by atoms with van der Waals surface area (Å²) in [5.41, 5.74) is 6.60. The Labute approximate surface area is 123 Å². The zero-order chi connectivity index (χ0) is 15.1. The van der Waals surface area contributed by atoms with Crippen molar-refractivity contribution in [1.29, 1.82) is 0 Å². The first kappa shape index (κ1) is 15.3. The average Bonchev–Trinajstić information content (AvgIpc) is 2.97. The number of carbonyl (C=O) groups excluding carboxylic acids is 1. The van der Waals surface area contributed by atoms with Crippen LogP contribution in [0.15, 0.2) is 0 Å². The number of anilines is 1. The molecule has 1 atom stereocenters. The molecule has 0 aliphatic heterocycles. The summed E-state index contributed by atoms with van der Waals surface area (Å²) in [7, 11) is 0. The molecule has 0 bridgehead atoms. The van der Waals surface area contributed by atoms with Crippen LogP contribution in [-0.4, -0.2) is 22.7 Å². The third kappa shape index (κ3) is 3.12. The smallest absolute Gasteiger partial charge is 0.413 e. The number of aromatic nitrogens is 1. The van der Waals surface area contributed by atoms with Crippen LogP contribution in [0.2, 0.25) is 0 Å². The van der Waals surface area contributed by atoms with E-state index >= 15 is 0 Å². The van der Waals surface area contributed by atoms with Crippen molar-refractivity contribution in [2.45, 2.75) is 64.5 Å². The van der Waals surface area contributed by atoms with E-state index in [-0.39, 0.29) is 11.5 Å². The van der Waals surface area contributed by atoms with Gasteiger partial charge in [0.05, 0.1) is 5.69 Å². The van der Waals surface area contributed by atoms with Crippen LogP contribution in [0.5, 0.6) is 0 Å². The fourth-order valence-corrected chi connectivity index (χ4v) is 3.62.